The van der Waals surface area contributed by atoms with E-state index in [0.29, 0.717) is 10.0 Å². The molecule has 0 aliphatic rings. The maximum Gasteiger partial charge on any atom is 0.0652 e. The molecule has 0 fully saturated rings. The monoisotopic (exact) mass is 233 g/mol. The van der Waals surface area contributed by atoms with Crippen LogP contribution >= 0.6 is 23.2 Å². The summed E-state index contributed by atoms with van der Waals surface area (Å²) in [6, 6.07) is 5.41. The van der Waals surface area contributed by atoms with Crippen LogP contribution in [0.15, 0.2) is 18.2 Å². The van der Waals surface area contributed by atoms with Crippen LogP contribution in [0.3, 0.4) is 0 Å². The van der Waals surface area contributed by atoms with Crippen molar-refractivity contribution in [1.29, 1.82) is 0 Å². The number of benzene rings is 1. The zero-order valence-corrected chi connectivity index (χ0v) is 9.53. The zero-order valence-electron chi connectivity index (χ0n) is 8.02. The van der Waals surface area contributed by atoms with E-state index in [9.17, 15) is 0 Å². The van der Waals surface area contributed by atoms with E-state index in [1.54, 1.807) is 13.2 Å². The number of hydrogen-bond donors (Lipinski definition) is 1. The number of methoxy groups -OCH3 is 1. The molecule has 0 saturated heterocycles. The predicted molar refractivity (Wildman–Crippen MR) is 61.4 cm³/mol. The van der Waals surface area contributed by atoms with Crippen LogP contribution in [-0.2, 0) is 4.74 Å². The van der Waals surface area contributed by atoms with E-state index in [-0.39, 0.29) is 0 Å². The number of rotatable bonds is 5. The molecular formula is C10H13Cl2NO. The first-order valence-electron chi connectivity index (χ1n) is 4.42. The molecule has 2 nitrogen and oxygen atoms in total. The van der Waals surface area contributed by atoms with E-state index < -0.39 is 0 Å². The predicted octanol–water partition coefficient (Wildman–Crippen LogP) is 3.44. The summed E-state index contributed by atoms with van der Waals surface area (Å²) in [7, 11) is 1.69. The topological polar surface area (TPSA) is 21.3 Å². The highest BCUT2D eigenvalue weighted by molar-refractivity contribution is 6.36. The molecular weight excluding hydrogens is 221 g/mol. The van der Waals surface area contributed by atoms with E-state index >= 15 is 0 Å². The van der Waals surface area contributed by atoms with Crippen molar-refractivity contribution in [2.24, 2.45) is 0 Å². The highest BCUT2D eigenvalue weighted by atomic mass is 35.5. The Morgan fingerprint density at radius 2 is 2.14 bits per heavy atom. The van der Waals surface area contributed by atoms with Crippen LogP contribution < -0.4 is 5.32 Å². The lowest BCUT2D eigenvalue weighted by atomic mass is 10.3. The van der Waals surface area contributed by atoms with Gasteiger partial charge in [-0.1, -0.05) is 23.2 Å². The Morgan fingerprint density at radius 1 is 1.36 bits per heavy atom. The van der Waals surface area contributed by atoms with E-state index in [1.807, 2.05) is 12.1 Å². The lowest BCUT2D eigenvalue weighted by Crippen LogP contribution is -2.04. The maximum atomic E-state index is 5.96. The van der Waals surface area contributed by atoms with Gasteiger partial charge in [-0.25, -0.2) is 0 Å². The minimum atomic E-state index is 0.648. The quantitative estimate of drug-likeness (QED) is 0.788. The Morgan fingerprint density at radius 3 is 2.79 bits per heavy atom. The van der Waals surface area contributed by atoms with Crippen LogP contribution in [0.5, 0.6) is 0 Å². The van der Waals surface area contributed by atoms with Crippen LogP contribution in [0, 0.1) is 0 Å². The fraction of sp³-hybridized carbons (Fsp3) is 0.400. The molecule has 1 aromatic rings. The first-order valence-corrected chi connectivity index (χ1v) is 5.17. The third-order valence-corrected chi connectivity index (χ3v) is 2.32. The fourth-order valence-electron chi connectivity index (χ4n) is 1.07. The van der Waals surface area contributed by atoms with E-state index in [1.165, 1.54) is 0 Å². The van der Waals surface area contributed by atoms with Crippen LogP contribution in [0.25, 0.3) is 0 Å². The molecule has 14 heavy (non-hydrogen) atoms. The summed E-state index contributed by atoms with van der Waals surface area (Å²) >= 11 is 11.7. The number of ether oxygens (including phenoxy) is 1. The Labute approximate surface area is 94.2 Å². The number of nitrogens with one attached hydrogen (secondary N) is 1. The van der Waals surface area contributed by atoms with Gasteiger partial charge in [-0.3, -0.25) is 0 Å². The van der Waals surface area contributed by atoms with Gasteiger partial charge in [0.2, 0.25) is 0 Å². The Balaban J connectivity index is 2.42. The molecule has 0 amide bonds. The first-order chi connectivity index (χ1) is 6.74. The second kappa shape index (κ2) is 6.12. The Bertz CT molecular complexity index is 291. The minimum Gasteiger partial charge on any atom is -0.385 e. The van der Waals surface area contributed by atoms with Crippen molar-refractivity contribution in [1.82, 2.24) is 0 Å². The van der Waals surface area contributed by atoms with Gasteiger partial charge >= 0.3 is 0 Å². The molecule has 0 aromatic heterocycles. The van der Waals surface area contributed by atoms with Gasteiger partial charge in [0.25, 0.3) is 0 Å². The van der Waals surface area contributed by atoms with Gasteiger partial charge in [0.1, 0.15) is 0 Å². The van der Waals surface area contributed by atoms with Crippen molar-refractivity contribution in [2.45, 2.75) is 6.42 Å². The van der Waals surface area contributed by atoms with E-state index in [2.05, 4.69) is 5.32 Å². The molecule has 78 valence electrons. The fourth-order valence-corrected chi connectivity index (χ4v) is 1.55. The first kappa shape index (κ1) is 11.6. The van der Waals surface area contributed by atoms with Gasteiger partial charge in [-0.2, -0.15) is 0 Å². The van der Waals surface area contributed by atoms with Crippen molar-refractivity contribution < 1.29 is 4.74 Å². The third-order valence-electron chi connectivity index (χ3n) is 1.77. The summed E-state index contributed by atoms with van der Waals surface area (Å²) in [5, 5.41) is 4.50. The molecule has 1 aromatic carbocycles. The molecule has 0 spiro atoms. The highest BCUT2D eigenvalue weighted by Crippen LogP contribution is 2.25. The van der Waals surface area contributed by atoms with E-state index in [0.717, 1.165) is 25.3 Å². The Hall–Kier alpha value is -0.440. The summed E-state index contributed by atoms with van der Waals surface area (Å²) in [4.78, 5) is 0. The summed E-state index contributed by atoms with van der Waals surface area (Å²) in [6.45, 7) is 1.59. The van der Waals surface area contributed by atoms with Gasteiger partial charge in [-0.05, 0) is 24.6 Å². The standard InChI is InChI=1S/C10H13Cl2NO/c1-14-6-2-5-13-10-4-3-8(11)7-9(10)12/h3-4,7,13H,2,5-6H2,1H3. The molecule has 0 saturated carbocycles. The van der Waals surface area contributed by atoms with Crippen molar-refractivity contribution in [3.05, 3.63) is 28.2 Å². The van der Waals surface area contributed by atoms with Crippen LogP contribution in [0.2, 0.25) is 10.0 Å². The normalized spacial score (nSPS) is 10.2. The Kier molecular flexibility index (Phi) is 5.09. The summed E-state index contributed by atoms with van der Waals surface area (Å²) in [5.41, 5.74) is 0.909. The van der Waals surface area contributed by atoms with Crippen LogP contribution in [0.4, 0.5) is 5.69 Å². The van der Waals surface area contributed by atoms with Gasteiger partial charge in [0.05, 0.1) is 10.7 Å². The smallest absolute Gasteiger partial charge is 0.0652 e. The van der Waals surface area contributed by atoms with E-state index in [4.69, 9.17) is 27.9 Å². The average molecular weight is 234 g/mol. The van der Waals surface area contributed by atoms with Gasteiger partial charge in [0.15, 0.2) is 0 Å². The number of hydrogen-bond acceptors (Lipinski definition) is 2. The van der Waals surface area contributed by atoms with Gasteiger partial charge in [0, 0.05) is 25.3 Å². The SMILES string of the molecule is COCCCNc1ccc(Cl)cc1Cl. The molecule has 0 atom stereocenters. The summed E-state index contributed by atoms with van der Waals surface area (Å²) in [6.07, 6.45) is 0.954. The second-order valence-electron chi connectivity index (χ2n) is 2.90. The van der Waals surface area contributed by atoms with Crippen molar-refractivity contribution in [3.63, 3.8) is 0 Å². The molecule has 4 heteroatoms. The molecule has 0 aliphatic heterocycles. The summed E-state index contributed by atoms with van der Waals surface area (Å²) < 4.78 is 4.94. The lowest BCUT2D eigenvalue weighted by Gasteiger charge is -2.07. The largest absolute Gasteiger partial charge is 0.385 e. The summed E-state index contributed by atoms with van der Waals surface area (Å²) in [5.74, 6) is 0. The molecule has 0 radical (unpaired) electrons. The third kappa shape index (κ3) is 3.74. The second-order valence-corrected chi connectivity index (χ2v) is 3.74. The molecule has 1 N–H and O–H groups in total. The molecule has 0 bridgehead atoms. The van der Waals surface area contributed by atoms with Crippen molar-refractivity contribution >= 4 is 28.9 Å². The van der Waals surface area contributed by atoms with Crippen LogP contribution in [-0.4, -0.2) is 20.3 Å². The molecule has 0 unspecified atom stereocenters. The zero-order chi connectivity index (χ0) is 10.4. The van der Waals surface area contributed by atoms with Gasteiger partial charge in [-0.15, -0.1) is 0 Å². The number of halogens is 2. The van der Waals surface area contributed by atoms with Gasteiger partial charge < -0.3 is 10.1 Å². The van der Waals surface area contributed by atoms with Crippen LogP contribution in [0.1, 0.15) is 6.42 Å². The highest BCUT2D eigenvalue weighted by Gasteiger charge is 1.99. The minimum absolute atomic E-state index is 0.648. The van der Waals surface area contributed by atoms with Crippen molar-refractivity contribution in [2.75, 3.05) is 25.6 Å². The average Bonchev–Trinajstić information content (AvgIpc) is 2.15. The lowest BCUT2D eigenvalue weighted by molar-refractivity contribution is 0.198. The molecule has 1 rings (SSSR count). The number of anilines is 1. The van der Waals surface area contributed by atoms with Crippen molar-refractivity contribution in [3.8, 4) is 0 Å². The maximum absolute atomic E-state index is 5.96. The molecule has 0 heterocycles. The molecule has 0 aliphatic carbocycles.